The second-order valence-electron chi connectivity index (χ2n) is 3.46. The lowest BCUT2D eigenvalue weighted by atomic mass is 10.1. The third-order valence-corrected chi connectivity index (χ3v) is 2.33. The summed E-state index contributed by atoms with van der Waals surface area (Å²) in [5.41, 5.74) is 0.919. The maximum atomic E-state index is 12.1. The van der Waals surface area contributed by atoms with E-state index in [2.05, 4.69) is 5.10 Å². The number of hydrogen-bond donors (Lipinski definition) is 0. The van der Waals surface area contributed by atoms with Crippen LogP contribution in [0, 0.1) is 6.92 Å². The van der Waals surface area contributed by atoms with Gasteiger partial charge in [0.2, 0.25) is 5.78 Å². The predicted octanol–water partition coefficient (Wildman–Crippen LogP) is 1.56. The molecule has 2 aromatic heterocycles. The van der Waals surface area contributed by atoms with E-state index in [1.807, 2.05) is 0 Å². The lowest BCUT2D eigenvalue weighted by Crippen LogP contribution is -2.08. The van der Waals surface area contributed by atoms with Crippen molar-refractivity contribution in [1.29, 1.82) is 0 Å². The first kappa shape index (κ1) is 10.5. The van der Waals surface area contributed by atoms with Crippen molar-refractivity contribution in [3.63, 3.8) is 0 Å². The van der Waals surface area contributed by atoms with Gasteiger partial charge in [-0.25, -0.2) is 0 Å². The molecule has 0 bridgehead atoms. The predicted molar refractivity (Wildman–Crippen MR) is 56.6 cm³/mol. The van der Waals surface area contributed by atoms with Gasteiger partial charge in [0.15, 0.2) is 11.4 Å². The zero-order chi connectivity index (χ0) is 11.7. The Labute approximate surface area is 92.6 Å². The second kappa shape index (κ2) is 3.84. The number of nitrogens with zero attached hydrogens (tertiary/aromatic N) is 2. The monoisotopic (exact) mass is 220 g/mol. The van der Waals surface area contributed by atoms with Gasteiger partial charge in [0.05, 0.1) is 18.9 Å². The molecular formula is C11H12N2O3. The van der Waals surface area contributed by atoms with Gasteiger partial charge in [0.1, 0.15) is 12.0 Å². The Kier molecular flexibility index (Phi) is 2.52. The largest absolute Gasteiger partial charge is 0.493 e. The molecule has 0 saturated carbocycles. The summed E-state index contributed by atoms with van der Waals surface area (Å²) in [4.78, 5) is 12.1. The van der Waals surface area contributed by atoms with Gasteiger partial charge in [0, 0.05) is 7.05 Å². The van der Waals surface area contributed by atoms with Crippen LogP contribution in [0.4, 0.5) is 0 Å². The van der Waals surface area contributed by atoms with Crippen LogP contribution in [-0.4, -0.2) is 22.7 Å². The zero-order valence-corrected chi connectivity index (χ0v) is 9.35. The van der Waals surface area contributed by atoms with Crippen molar-refractivity contribution >= 4 is 5.78 Å². The molecule has 84 valence electrons. The van der Waals surface area contributed by atoms with E-state index in [0.717, 1.165) is 0 Å². The molecule has 2 rings (SSSR count). The van der Waals surface area contributed by atoms with E-state index in [-0.39, 0.29) is 5.78 Å². The van der Waals surface area contributed by atoms with Gasteiger partial charge in [0.25, 0.3) is 0 Å². The molecule has 0 aliphatic heterocycles. The van der Waals surface area contributed by atoms with Crippen LogP contribution in [0.25, 0.3) is 0 Å². The zero-order valence-electron chi connectivity index (χ0n) is 9.35. The molecule has 0 aliphatic carbocycles. The topological polar surface area (TPSA) is 57.3 Å². The lowest BCUT2D eigenvalue weighted by Gasteiger charge is -2.01. The molecule has 0 spiro atoms. The molecule has 0 aliphatic rings. The second-order valence-corrected chi connectivity index (χ2v) is 3.46. The van der Waals surface area contributed by atoms with Crippen molar-refractivity contribution < 1.29 is 13.9 Å². The number of rotatable bonds is 3. The molecule has 0 saturated heterocycles. The molecule has 2 aromatic rings. The summed E-state index contributed by atoms with van der Waals surface area (Å²) in [6.07, 6.45) is 2.95. The van der Waals surface area contributed by atoms with Crippen molar-refractivity contribution in [2.45, 2.75) is 6.92 Å². The van der Waals surface area contributed by atoms with Gasteiger partial charge in [-0.3, -0.25) is 9.48 Å². The van der Waals surface area contributed by atoms with Crippen LogP contribution in [0.2, 0.25) is 0 Å². The molecule has 0 radical (unpaired) electrons. The Morgan fingerprint density at radius 1 is 1.56 bits per heavy atom. The molecule has 0 atom stereocenters. The van der Waals surface area contributed by atoms with Gasteiger partial charge in [-0.1, -0.05) is 0 Å². The number of aryl methyl sites for hydroxylation is 2. The molecule has 2 heterocycles. The molecule has 16 heavy (non-hydrogen) atoms. The van der Waals surface area contributed by atoms with E-state index in [9.17, 15) is 4.79 Å². The third-order valence-electron chi connectivity index (χ3n) is 2.33. The quantitative estimate of drug-likeness (QED) is 0.736. The molecule has 0 amide bonds. The van der Waals surface area contributed by atoms with Gasteiger partial charge >= 0.3 is 0 Å². The average Bonchev–Trinajstić information content (AvgIpc) is 2.83. The third kappa shape index (κ3) is 1.60. The van der Waals surface area contributed by atoms with Crippen LogP contribution in [0.5, 0.6) is 5.75 Å². The Bertz CT molecular complexity index is 525. The number of carbonyl (C=O) groups is 1. The first-order valence-electron chi connectivity index (χ1n) is 4.79. The van der Waals surface area contributed by atoms with Crippen molar-refractivity contribution in [2.24, 2.45) is 7.05 Å². The number of ether oxygens (including phenoxy) is 1. The first-order valence-corrected chi connectivity index (χ1v) is 4.79. The van der Waals surface area contributed by atoms with E-state index < -0.39 is 0 Å². The Balaban J connectivity index is 2.44. The lowest BCUT2D eigenvalue weighted by molar-refractivity contribution is 0.102. The highest BCUT2D eigenvalue weighted by atomic mass is 16.5. The van der Waals surface area contributed by atoms with E-state index >= 15 is 0 Å². The molecule has 0 fully saturated rings. The summed E-state index contributed by atoms with van der Waals surface area (Å²) >= 11 is 0. The number of hydrogen-bond acceptors (Lipinski definition) is 4. The maximum absolute atomic E-state index is 12.1. The van der Waals surface area contributed by atoms with Gasteiger partial charge in [-0.2, -0.15) is 5.10 Å². The van der Waals surface area contributed by atoms with E-state index in [1.165, 1.54) is 24.3 Å². The summed E-state index contributed by atoms with van der Waals surface area (Å²) in [5, 5.41) is 3.98. The Morgan fingerprint density at radius 3 is 2.88 bits per heavy atom. The molecule has 0 N–H and O–H groups in total. The number of methoxy groups -OCH3 is 1. The number of aromatic nitrogens is 2. The van der Waals surface area contributed by atoms with E-state index in [1.54, 1.807) is 20.0 Å². The van der Waals surface area contributed by atoms with E-state index in [4.69, 9.17) is 9.15 Å². The van der Waals surface area contributed by atoms with Crippen LogP contribution in [0.3, 0.4) is 0 Å². The summed E-state index contributed by atoms with van der Waals surface area (Å²) in [7, 11) is 3.21. The van der Waals surface area contributed by atoms with Gasteiger partial charge in [-0.05, 0) is 13.0 Å². The van der Waals surface area contributed by atoms with Crippen LogP contribution < -0.4 is 4.74 Å². The SMILES string of the molecule is COc1cnn(C)c1C(=O)c1coc(C)c1. The van der Waals surface area contributed by atoms with Gasteiger partial charge in [-0.15, -0.1) is 0 Å². The molecule has 0 unspecified atom stereocenters. The Hall–Kier alpha value is -2.04. The van der Waals surface area contributed by atoms with Gasteiger partial charge < -0.3 is 9.15 Å². The molecular weight excluding hydrogens is 208 g/mol. The summed E-state index contributed by atoms with van der Waals surface area (Å²) in [6, 6.07) is 1.69. The minimum Gasteiger partial charge on any atom is -0.493 e. The van der Waals surface area contributed by atoms with Crippen molar-refractivity contribution in [3.05, 3.63) is 35.5 Å². The highest BCUT2D eigenvalue weighted by molar-refractivity contribution is 6.09. The smallest absolute Gasteiger partial charge is 0.218 e. The molecule has 0 aromatic carbocycles. The van der Waals surface area contributed by atoms with Crippen LogP contribution in [0.15, 0.2) is 22.9 Å². The highest BCUT2D eigenvalue weighted by Gasteiger charge is 2.20. The summed E-state index contributed by atoms with van der Waals surface area (Å²) in [6.45, 7) is 1.79. The summed E-state index contributed by atoms with van der Waals surface area (Å²) < 4.78 is 11.7. The molecule has 5 nitrogen and oxygen atoms in total. The van der Waals surface area contributed by atoms with Crippen LogP contribution in [-0.2, 0) is 7.05 Å². The first-order chi connectivity index (χ1) is 7.63. The maximum Gasteiger partial charge on any atom is 0.218 e. The highest BCUT2D eigenvalue weighted by Crippen LogP contribution is 2.21. The minimum absolute atomic E-state index is 0.159. The van der Waals surface area contributed by atoms with Crippen LogP contribution in [0.1, 0.15) is 21.8 Å². The number of furan rings is 1. The molecule has 5 heteroatoms. The normalized spacial score (nSPS) is 10.4. The average molecular weight is 220 g/mol. The fraction of sp³-hybridized carbons (Fsp3) is 0.273. The minimum atomic E-state index is -0.159. The summed E-state index contributed by atoms with van der Waals surface area (Å²) in [5.74, 6) is 1.00. The fourth-order valence-electron chi connectivity index (χ4n) is 1.52. The van der Waals surface area contributed by atoms with Crippen molar-refractivity contribution in [2.75, 3.05) is 7.11 Å². The van der Waals surface area contributed by atoms with E-state index in [0.29, 0.717) is 22.8 Å². The van der Waals surface area contributed by atoms with Crippen molar-refractivity contribution in [1.82, 2.24) is 9.78 Å². The number of ketones is 1. The number of carbonyl (C=O) groups excluding carboxylic acids is 1. The van der Waals surface area contributed by atoms with Crippen LogP contribution >= 0.6 is 0 Å². The fourth-order valence-corrected chi connectivity index (χ4v) is 1.52. The van der Waals surface area contributed by atoms with Crippen molar-refractivity contribution in [3.8, 4) is 5.75 Å². The standard InChI is InChI=1S/C11H12N2O3/c1-7-4-8(6-16-7)11(14)10-9(15-3)5-12-13(10)2/h4-6H,1-3H3. The Morgan fingerprint density at radius 2 is 2.31 bits per heavy atom.